The summed E-state index contributed by atoms with van der Waals surface area (Å²) in [5.41, 5.74) is 0. The summed E-state index contributed by atoms with van der Waals surface area (Å²) >= 11 is 0. The summed E-state index contributed by atoms with van der Waals surface area (Å²) in [6.45, 7) is 7.50. The van der Waals surface area contributed by atoms with E-state index in [0.717, 1.165) is 18.6 Å². The van der Waals surface area contributed by atoms with Crippen molar-refractivity contribution in [3.8, 4) is 0 Å². The number of ether oxygens (including phenoxy) is 2. The van der Waals surface area contributed by atoms with Crippen molar-refractivity contribution >= 4 is 0 Å². The van der Waals surface area contributed by atoms with Crippen LogP contribution in [0.2, 0.25) is 0 Å². The molecule has 0 radical (unpaired) electrons. The molecule has 1 unspecified atom stereocenters. The fraction of sp³-hybridized carbons (Fsp3) is 0.385. The maximum absolute atomic E-state index is 9.55. The van der Waals surface area contributed by atoms with E-state index in [4.69, 9.17) is 9.47 Å². The van der Waals surface area contributed by atoms with Crippen LogP contribution in [0, 0.1) is 0 Å². The molecule has 0 bridgehead atoms. The van der Waals surface area contributed by atoms with Crippen LogP contribution in [-0.2, 0) is 9.47 Å². The lowest BCUT2D eigenvalue weighted by Crippen LogP contribution is -2.21. The Labute approximate surface area is 96.4 Å². The Kier molecular flexibility index (Phi) is 5.43. The minimum absolute atomic E-state index is 0.175. The van der Waals surface area contributed by atoms with Crippen molar-refractivity contribution in [1.29, 1.82) is 0 Å². The fourth-order valence-corrected chi connectivity index (χ4v) is 1.21. The van der Waals surface area contributed by atoms with Crippen molar-refractivity contribution in [2.45, 2.75) is 18.9 Å². The molecule has 0 fully saturated rings. The van der Waals surface area contributed by atoms with Gasteiger partial charge in [-0.25, -0.2) is 0 Å². The zero-order valence-corrected chi connectivity index (χ0v) is 9.39. The van der Waals surface area contributed by atoms with Crippen LogP contribution in [0.1, 0.15) is 12.8 Å². The maximum Gasteiger partial charge on any atom is 0.122 e. The first kappa shape index (κ1) is 12.6. The molecule has 0 spiro atoms. The zero-order valence-electron chi connectivity index (χ0n) is 9.39. The summed E-state index contributed by atoms with van der Waals surface area (Å²) in [6, 6.07) is 0. The van der Waals surface area contributed by atoms with Gasteiger partial charge in [-0.2, -0.15) is 0 Å². The Morgan fingerprint density at radius 1 is 1.56 bits per heavy atom. The molecular weight excluding hydrogens is 204 g/mol. The molecule has 16 heavy (non-hydrogen) atoms. The second-order valence-electron chi connectivity index (χ2n) is 3.55. The van der Waals surface area contributed by atoms with Gasteiger partial charge in [0.25, 0.3) is 0 Å². The van der Waals surface area contributed by atoms with Gasteiger partial charge >= 0.3 is 0 Å². The van der Waals surface area contributed by atoms with Gasteiger partial charge in [0.15, 0.2) is 0 Å². The minimum Gasteiger partial charge on any atom is -0.495 e. The standard InChI is InChI=1S/C13H18O3/c1-3-11(2)15-9-12(14)10-16-13-7-5-4-6-8-13/h3-5,7,12,14H,1-2,6,8-10H2. The third kappa shape index (κ3) is 4.84. The predicted molar refractivity (Wildman–Crippen MR) is 63.7 cm³/mol. The highest BCUT2D eigenvalue weighted by atomic mass is 16.5. The van der Waals surface area contributed by atoms with Crippen LogP contribution >= 0.6 is 0 Å². The van der Waals surface area contributed by atoms with Gasteiger partial charge in [-0.3, -0.25) is 0 Å². The summed E-state index contributed by atoms with van der Waals surface area (Å²) in [5.74, 6) is 1.36. The van der Waals surface area contributed by atoms with Gasteiger partial charge in [0.05, 0.1) is 5.76 Å². The van der Waals surface area contributed by atoms with Crippen molar-refractivity contribution in [2.24, 2.45) is 0 Å². The van der Waals surface area contributed by atoms with Gasteiger partial charge in [0, 0.05) is 6.42 Å². The van der Waals surface area contributed by atoms with Gasteiger partial charge in [-0.05, 0) is 18.6 Å². The van der Waals surface area contributed by atoms with Crippen LogP contribution in [0.25, 0.3) is 0 Å². The van der Waals surface area contributed by atoms with E-state index in [0.29, 0.717) is 5.76 Å². The summed E-state index contributed by atoms with van der Waals surface area (Å²) in [4.78, 5) is 0. The molecule has 1 N–H and O–H groups in total. The molecule has 0 amide bonds. The summed E-state index contributed by atoms with van der Waals surface area (Å²) in [6.07, 6.45) is 8.70. The molecule has 0 saturated carbocycles. The first-order valence-electron chi connectivity index (χ1n) is 5.33. The molecule has 1 aliphatic carbocycles. The number of hydrogen-bond acceptors (Lipinski definition) is 3. The van der Waals surface area contributed by atoms with Crippen molar-refractivity contribution < 1.29 is 14.6 Å². The molecule has 0 heterocycles. The number of aliphatic hydroxyl groups excluding tert-OH is 1. The first-order valence-corrected chi connectivity index (χ1v) is 5.33. The highest BCUT2D eigenvalue weighted by molar-refractivity contribution is 5.12. The number of allylic oxidation sites excluding steroid dienone is 5. The van der Waals surface area contributed by atoms with E-state index >= 15 is 0 Å². The van der Waals surface area contributed by atoms with Crippen molar-refractivity contribution in [2.75, 3.05) is 13.2 Å². The highest BCUT2D eigenvalue weighted by Gasteiger charge is 2.08. The molecule has 1 atom stereocenters. The van der Waals surface area contributed by atoms with E-state index in [2.05, 4.69) is 19.2 Å². The van der Waals surface area contributed by atoms with Crippen LogP contribution in [0.15, 0.2) is 49.0 Å². The molecule has 0 saturated heterocycles. The van der Waals surface area contributed by atoms with Gasteiger partial charge in [-0.1, -0.05) is 25.3 Å². The average Bonchev–Trinajstić information content (AvgIpc) is 2.34. The summed E-state index contributed by atoms with van der Waals surface area (Å²) in [7, 11) is 0. The third-order valence-electron chi connectivity index (χ3n) is 2.13. The molecule has 0 aromatic rings. The number of aliphatic hydroxyl groups is 1. The van der Waals surface area contributed by atoms with E-state index in [1.807, 2.05) is 12.2 Å². The van der Waals surface area contributed by atoms with E-state index in [1.165, 1.54) is 6.08 Å². The molecule has 88 valence electrons. The highest BCUT2D eigenvalue weighted by Crippen LogP contribution is 2.13. The Morgan fingerprint density at radius 2 is 2.38 bits per heavy atom. The van der Waals surface area contributed by atoms with Crippen LogP contribution in [0.5, 0.6) is 0 Å². The lowest BCUT2D eigenvalue weighted by Gasteiger charge is -2.16. The van der Waals surface area contributed by atoms with Crippen LogP contribution in [0.3, 0.4) is 0 Å². The Balaban J connectivity index is 2.16. The van der Waals surface area contributed by atoms with Crippen molar-refractivity contribution in [3.63, 3.8) is 0 Å². The summed E-state index contributed by atoms with van der Waals surface area (Å²) < 4.78 is 10.6. The smallest absolute Gasteiger partial charge is 0.122 e. The van der Waals surface area contributed by atoms with Crippen LogP contribution in [-0.4, -0.2) is 24.4 Å². The summed E-state index contributed by atoms with van der Waals surface area (Å²) in [5, 5.41) is 9.55. The number of hydrogen-bond donors (Lipinski definition) is 1. The second kappa shape index (κ2) is 6.90. The third-order valence-corrected chi connectivity index (χ3v) is 2.13. The van der Waals surface area contributed by atoms with E-state index in [-0.39, 0.29) is 13.2 Å². The first-order chi connectivity index (χ1) is 7.72. The van der Waals surface area contributed by atoms with Gasteiger partial charge in [-0.15, -0.1) is 0 Å². The largest absolute Gasteiger partial charge is 0.495 e. The monoisotopic (exact) mass is 222 g/mol. The quantitative estimate of drug-likeness (QED) is 0.530. The van der Waals surface area contributed by atoms with E-state index in [9.17, 15) is 5.11 Å². The van der Waals surface area contributed by atoms with E-state index in [1.54, 1.807) is 0 Å². The van der Waals surface area contributed by atoms with Crippen molar-refractivity contribution in [3.05, 3.63) is 49.0 Å². The Bertz CT molecular complexity index is 302. The second-order valence-corrected chi connectivity index (χ2v) is 3.55. The lowest BCUT2D eigenvalue weighted by atomic mass is 10.2. The lowest BCUT2D eigenvalue weighted by molar-refractivity contribution is 0.0187. The zero-order chi connectivity index (χ0) is 11.8. The topological polar surface area (TPSA) is 38.7 Å². The van der Waals surface area contributed by atoms with Crippen LogP contribution in [0.4, 0.5) is 0 Å². The van der Waals surface area contributed by atoms with Crippen molar-refractivity contribution in [1.82, 2.24) is 0 Å². The van der Waals surface area contributed by atoms with Gasteiger partial charge in [0.2, 0.25) is 0 Å². The Hall–Kier alpha value is -1.48. The van der Waals surface area contributed by atoms with Gasteiger partial charge in [0.1, 0.15) is 25.1 Å². The maximum atomic E-state index is 9.55. The molecule has 3 nitrogen and oxygen atoms in total. The molecule has 3 heteroatoms. The molecule has 0 aromatic heterocycles. The molecular formula is C13H18O3. The molecule has 0 aromatic carbocycles. The fourth-order valence-electron chi connectivity index (χ4n) is 1.21. The Morgan fingerprint density at radius 3 is 3.00 bits per heavy atom. The minimum atomic E-state index is -0.650. The average molecular weight is 222 g/mol. The molecule has 1 aliphatic rings. The van der Waals surface area contributed by atoms with Gasteiger partial charge < -0.3 is 14.6 Å². The SMILES string of the molecule is C=CC(=C)OCC(O)COC1=CC=CCC1. The molecule has 1 rings (SSSR count). The van der Waals surface area contributed by atoms with E-state index < -0.39 is 6.10 Å². The predicted octanol–water partition coefficient (Wildman–Crippen LogP) is 2.31. The number of rotatable bonds is 7. The normalized spacial score (nSPS) is 16.2. The molecule has 0 aliphatic heterocycles. The van der Waals surface area contributed by atoms with Crippen LogP contribution < -0.4 is 0 Å².